The molecule has 1 aliphatic rings. The molecule has 4 aromatic rings. The summed E-state index contributed by atoms with van der Waals surface area (Å²) in [6, 6.07) is 18.5. The lowest BCUT2D eigenvalue weighted by atomic mass is 9.97. The Bertz CT molecular complexity index is 1760. The Morgan fingerprint density at radius 3 is 2.39 bits per heavy atom. The van der Waals surface area contributed by atoms with Crippen molar-refractivity contribution in [2.45, 2.75) is 25.9 Å². The van der Waals surface area contributed by atoms with E-state index in [9.17, 15) is 14.9 Å². The van der Waals surface area contributed by atoms with Crippen LogP contribution in [0.2, 0.25) is 0 Å². The number of fused-ring (bicyclic) bond motifs is 1. The van der Waals surface area contributed by atoms with Crippen molar-refractivity contribution in [1.29, 1.82) is 5.26 Å². The molecule has 0 unspecified atom stereocenters. The second kappa shape index (κ2) is 12.7. The number of rotatable bonds is 9. The average molecular weight is 596 g/mol. The zero-order valence-corrected chi connectivity index (χ0v) is 25.5. The molecule has 0 spiro atoms. The Balaban J connectivity index is 1.36. The number of aromatic nitrogens is 4. The molecule has 1 saturated heterocycles. The number of hydrogen-bond acceptors (Lipinski definition) is 9. The lowest BCUT2D eigenvalue weighted by Crippen LogP contribution is -2.53. The van der Waals surface area contributed by atoms with E-state index in [0.29, 0.717) is 28.4 Å². The molecule has 1 amide bonds. The lowest BCUT2D eigenvalue weighted by molar-refractivity contribution is -0.125. The fourth-order valence-corrected chi connectivity index (χ4v) is 5.36. The molecule has 2 aromatic carbocycles. The highest BCUT2D eigenvalue weighted by Gasteiger charge is 2.30. The number of amides is 1. The maximum Gasteiger partial charge on any atom is 0.335 e. The van der Waals surface area contributed by atoms with Gasteiger partial charge in [-0.2, -0.15) is 5.26 Å². The summed E-state index contributed by atoms with van der Waals surface area (Å²) >= 11 is 0. The molecule has 0 aliphatic carbocycles. The van der Waals surface area contributed by atoms with Crippen molar-refractivity contribution in [3.05, 3.63) is 83.1 Å². The maximum atomic E-state index is 13.8. The van der Waals surface area contributed by atoms with Crippen molar-refractivity contribution >= 4 is 22.9 Å². The van der Waals surface area contributed by atoms with Crippen LogP contribution in [0.3, 0.4) is 0 Å². The van der Waals surface area contributed by atoms with Gasteiger partial charge in [-0.1, -0.05) is 18.2 Å². The minimum atomic E-state index is -0.469. The lowest BCUT2D eigenvalue weighted by Gasteiger charge is -2.41. The maximum absolute atomic E-state index is 13.8. The highest BCUT2D eigenvalue weighted by atomic mass is 16.5. The van der Waals surface area contributed by atoms with Gasteiger partial charge in [0.25, 0.3) is 5.91 Å². The van der Waals surface area contributed by atoms with Gasteiger partial charge < -0.3 is 20.3 Å². The fraction of sp³-hybridized carbons (Fsp3) is 0.344. The number of hydrogen-bond donors (Lipinski definition) is 1. The Kier molecular flexibility index (Phi) is 8.80. The van der Waals surface area contributed by atoms with E-state index in [1.54, 1.807) is 37.4 Å². The first-order valence-electron chi connectivity index (χ1n) is 14.5. The quantitative estimate of drug-likeness (QED) is 0.229. The van der Waals surface area contributed by atoms with E-state index in [-0.39, 0.29) is 30.2 Å². The van der Waals surface area contributed by atoms with E-state index >= 15 is 0 Å². The van der Waals surface area contributed by atoms with Crippen LogP contribution in [0.4, 0.5) is 5.82 Å². The Labute approximate surface area is 256 Å². The van der Waals surface area contributed by atoms with Gasteiger partial charge in [-0.15, -0.1) is 0 Å². The van der Waals surface area contributed by atoms with Crippen LogP contribution >= 0.6 is 0 Å². The monoisotopic (exact) mass is 595 g/mol. The van der Waals surface area contributed by atoms with Gasteiger partial charge >= 0.3 is 5.69 Å². The number of benzene rings is 2. The topological polar surface area (TPSA) is 139 Å². The third-order valence-corrected chi connectivity index (χ3v) is 7.98. The summed E-state index contributed by atoms with van der Waals surface area (Å²) in [7, 11) is 3.70. The van der Waals surface area contributed by atoms with E-state index in [1.165, 1.54) is 20.4 Å². The molecule has 3 heterocycles. The predicted octanol–water partition coefficient (Wildman–Crippen LogP) is 2.89. The highest BCUT2D eigenvalue weighted by molar-refractivity contribution is 5.97. The number of carbonyl (C=O) groups excluding carboxylic acids is 1. The van der Waals surface area contributed by atoms with Crippen LogP contribution in [0.5, 0.6) is 11.5 Å². The predicted molar refractivity (Wildman–Crippen MR) is 169 cm³/mol. The zero-order valence-electron chi connectivity index (χ0n) is 25.5. The number of likely N-dealkylation sites (N-methyl/N-ethyl adjacent to an activating group) is 2. The van der Waals surface area contributed by atoms with Crippen LogP contribution < -0.4 is 16.2 Å². The number of imidazole rings is 1. The molecule has 1 fully saturated rings. The van der Waals surface area contributed by atoms with Crippen LogP contribution in [0, 0.1) is 11.3 Å². The number of anilines is 1. The summed E-state index contributed by atoms with van der Waals surface area (Å²) in [5, 5.41) is 9.89. The third kappa shape index (κ3) is 6.34. The van der Waals surface area contributed by atoms with E-state index in [2.05, 4.69) is 32.9 Å². The summed E-state index contributed by atoms with van der Waals surface area (Å²) < 4.78 is 8.81. The number of nitrogens with zero attached hydrogens (tertiary/aromatic N) is 8. The molecule has 0 saturated carbocycles. The van der Waals surface area contributed by atoms with Crippen LogP contribution in [0.15, 0.2) is 77.4 Å². The van der Waals surface area contributed by atoms with Crippen molar-refractivity contribution in [2.75, 3.05) is 52.6 Å². The molecule has 0 atom stereocenters. The highest BCUT2D eigenvalue weighted by Crippen LogP contribution is 2.25. The molecule has 0 radical (unpaired) electrons. The minimum Gasteiger partial charge on any atom is -0.457 e. The number of nitrogen functional groups attached to an aromatic ring is 1. The molecule has 12 heteroatoms. The van der Waals surface area contributed by atoms with E-state index in [0.717, 1.165) is 26.2 Å². The summed E-state index contributed by atoms with van der Waals surface area (Å²) in [6.45, 7) is 7.89. The molecular formula is C32H37N9O3. The van der Waals surface area contributed by atoms with E-state index in [4.69, 9.17) is 10.5 Å². The number of nitriles is 1. The van der Waals surface area contributed by atoms with E-state index < -0.39 is 11.4 Å². The van der Waals surface area contributed by atoms with Gasteiger partial charge in [0.15, 0.2) is 11.5 Å². The molecule has 44 heavy (non-hydrogen) atoms. The standard InChI is InChI=1S/C32H37N9O3/c1-32(2,39-17-14-37(3)15-18-39)20-23(21-33)30(42)38(4)16-19-40-29-27(28(34)35-22-36-29)41(31(40)43)24-10-12-26(13-11-24)44-25-8-6-5-7-9-25/h5-13,20,22H,14-19H2,1-4H3,(H2,34,35,36). The third-order valence-electron chi connectivity index (χ3n) is 7.98. The van der Waals surface area contributed by atoms with Gasteiger partial charge in [-0.05, 0) is 63.4 Å². The molecule has 228 valence electrons. The first-order valence-corrected chi connectivity index (χ1v) is 14.5. The van der Waals surface area contributed by atoms with Gasteiger partial charge in [0, 0.05) is 51.9 Å². The number of carbonyl (C=O) groups is 1. The number of para-hydroxylation sites is 1. The van der Waals surface area contributed by atoms with Crippen molar-refractivity contribution < 1.29 is 9.53 Å². The molecule has 12 nitrogen and oxygen atoms in total. The molecule has 1 aliphatic heterocycles. The fourth-order valence-electron chi connectivity index (χ4n) is 5.36. The molecular weight excluding hydrogens is 558 g/mol. The van der Waals surface area contributed by atoms with Gasteiger partial charge in [0.2, 0.25) is 0 Å². The number of ether oxygens (including phenoxy) is 1. The number of piperazine rings is 1. The van der Waals surface area contributed by atoms with Crippen molar-refractivity contribution in [1.82, 2.24) is 33.8 Å². The molecule has 2 N–H and O–H groups in total. The summed E-state index contributed by atoms with van der Waals surface area (Å²) in [5.41, 5.74) is 6.73. The normalized spacial score (nSPS) is 14.8. The van der Waals surface area contributed by atoms with E-state index in [1.807, 2.05) is 44.2 Å². The van der Waals surface area contributed by atoms with Gasteiger partial charge in [0.1, 0.15) is 35.0 Å². The van der Waals surface area contributed by atoms with Crippen LogP contribution in [-0.4, -0.2) is 92.1 Å². The average Bonchev–Trinajstić information content (AvgIpc) is 3.31. The largest absolute Gasteiger partial charge is 0.457 e. The Morgan fingerprint density at radius 1 is 1.07 bits per heavy atom. The smallest absolute Gasteiger partial charge is 0.335 e. The van der Waals surface area contributed by atoms with Crippen molar-refractivity contribution in [3.63, 3.8) is 0 Å². The first kappa shape index (κ1) is 30.5. The summed E-state index contributed by atoms with van der Waals surface area (Å²) in [4.78, 5) is 41.6. The van der Waals surface area contributed by atoms with Gasteiger partial charge in [0.05, 0.1) is 5.69 Å². The second-order valence-electron chi connectivity index (χ2n) is 11.5. The minimum absolute atomic E-state index is 0.0654. The molecule has 2 aromatic heterocycles. The Morgan fingerprint density at radius 2 is 1.73 bits per heavy atom. The SMILES string of the molecule is CN1CCN(C(C)(C)C=C(C#N)C(=O)N(C)CCn2c(=O)n(-c3ccc(Oc4ccccc4)cc3)c3c(N)ncnc32)CC1. The van der Waals surface area contributed by atoms with Crippen LogP contribution in [0.1, 0.15) is 13.8 Å². The van der Waals surface area contributed by atoms with Gasteiger partial charge in [-0.25, -0.2) is 14.8 Å². The van der Waals surface area contributed by atoms with Crippen molar-refractivity contribution in [2.24, 2.45) is 0 Å². The van der Waals surface area contributed by atoms with Crippen molar-refractivity contribution in [3.8, 4) is 23.3 Å². The van der Waals surface area contributed by atoms with Crippen LogP contribution in [0.25, 0.3) is 16.9 Å². The van der Waals surface area contributed by atoms with Crippen LogP contribution in [-0.2, 0) is 11.3 Å². The molecule has 5 rings (SSSR count). The second-order valence-corrected chi connectivity index (χ2v) is 11.5. The van der Waals surface area contributed by atoms with Gasteiger partial charge in [-0.3, -0.25) is 18.8 Å². The summed E-state index contributed by atoms with van der Waals surface area (Å²) in [6.07, 6.45) is 3.05. The summed E-state index contributed by atoms with van der Waals surface area (Å²) in [5.74, 6) is 1.05. The molecule has 0 bridgehead atoms. The first-order chi connectivity index (χ1) is 21.1. The zero-order chi connectivity index (χ0) is 31.4. The Hall–Kier alpha value is -4.99. The number of nitrogens with two attached hydrogens (primary N) is 1.